The van der Waals surface area contributed by atoms with Crippen LogP contribution in [-0.4, -0.2) is 83.8 Å². The molecular formula is C41H51F3N6O5. The summed E-state index contributed by atoms with van der Waals surface area (Å²) in [6.45, 7) is 8.48. The summed E-state index contributed by atoms with van der Waals surface area (Å²) < 4.78 is 51.6. The van der Waals surface area contributed by atoms with Crippen LogP contribution in [0.15, 0.2) is 67.0 Å². The van der Waals surface area contributed by atoms with Crippen molar-refractivity contribution in [1.82, 2.24) is 25.4 Å². The molecule has 14 heteroatoms. The molecular weight excluding hydrogens is 713 g/mol. The van der Waals surface area contributed by atoms with Crippen molar-refractivity contribution >= 4 is 29.3 Å². The Morgan fingerprint density at radius 2 is 1.64 bits per heavy atom. The van der Waals surface area contributed by atoms with Crippen molar-refractivity contribution in [3.8, 4) is 5.75 Å². The van der Waals surface area contributed by atoms with Crippen LogP contribution in [0, 0.1) is 17.7 Å². The number of nitrogens with zero attached hydrogens (tertiary/aromatic N) is 3. The summed E-state index contributed by atoms with van der Waals surface area (Å²) in [6, 6.07) is 12.8. The number of hydrogen-bond acceptors (Lipinski definition) is 7. The summed E-state index contributed by atoms with van der Waals surface area (Å²) in [7, 11) is 1.29. The van der Waals surface area contributed by atoms with Crippen molar-refractivity contribution in [2.75, 3.05) is 38.6 Å². The molecule has 1 aliphatic heterocycles. The third kappa shape index (κ3) is 10.4. The second-order valence-corrected chi connectivity index (χ2v) is 14.7. The normalized spacial score (nSPS) is 19.4. The molecule has 1 aliphatic carbocycles. The first-order valence-electron chi connectivity index (χ1n) is 18.9. The maximum Gasteiger partial charge on any atom is 0.351 e. The minimum Gasteiger partial charge on any atom is -0.495 e. The van der Waals surface area contributed by atoms with Crippen LogP contribution in [0.5, 0.6) is 5.75 Å². The van der Waals surface area contributed by atoms with Gasteiger partial charge in [0.25, 0.3) is 5.91 Å². The molecule has 55 heavy (non-hydrogen) atoms. The molecule has 0 bridgehead atoms. The Bertz CT molecular complexity index is 1800. The van der Waals surface area contributed by atoms with E-state index in [0.717, 1.165) is 31.6 Å². The molecule has 0 radical (unpaired) electrons. The molecule has 2 heterocycles. The Hall–Kier alpha value is -4.98. The summed E-state index contributed by atoms with van der Waals surface area (Å²) in [5, 5.41) is 7.61. The number of amides is 4. The molecule has 4 amide bonds. The number of hydrogen-bond donors (Lipinski definition) is 3. The van der Waals surface area contributed by atoms with E-state index in [1.807, 2.05) is 18.2 Å². The summed E-state index contributed by atoms with van der Waals surface area (Å²) in [4.78, 5) is 61.1. The lowest BCUT2D eigenvalue weighted by atomic mass is 9.79. The van der Waals surface area contributed by atoms with Crippen molar-refractivity contribution in [3.05, 3.63) is 89.5 Å². The molecule has 0 spiro atoms. The maximum absolute atomic E-state index is 15.8. The number of benzene rings is 2. The van der Waals surface area contributed by atoms with Gasteiger partial charge in [0.15, 0.2) is 0 Å². The number of rotatable bonds is 14. The quantitative estimate of drug-likeness (QED) is 0.194. The molecule has 1 saturated heterocycles. The van der Waals surface area contributed by atoms with Crippen molar-refractivity contribution < 1.29 is 37.1 Å². The lowest BCUT2D eigenvalue weighted by Crippen LogP contribution is -2.56. The lowest BCUT2D eigenvalue weighted by molar-refractivity contribution is -0.149. The molecule has 0 unspecified atom stereocenters. The van der Waals surface area contributed by atoms with Gasteiger partial charge in [0.2, 0.25) is 17.7 Å². The molecule has 1 aromatic heterocycles. The molecule has 5 rings (SSSR count). The van der Waals surface area contributed by atoms with Crippen molar-refractivity contribution in [1.29, 1.82) is 0 Å². The predicted octanol–water partition coefficient (Wildman–Crippen LogP) is 5.61. The third-order valence-electron chi connectivity index (χ3n) is 10.8. The standard InChI is InChI=1S/C41H51F3N6O5/c1-5-35(51)47-36(39(53)50-19-17-49(18-20-50)25-28-9-7-6-8-10-28)27(3)30-15-16-34(33(42)21-30)46-38(52)37(29-13-11-26(2)12-14-29)48-40(54)41(43,44)31-22-32(55-4)24-45-23-31/h6-10,15-16,21-24,26-27,29,36-37H,5,11-14,17-20,25H2,1-4H3,(H,46,52)(H,47,51)(H,48,54)/t26-,27-,29-,36+,37-/m0/s1. The van der Waals surface area contributed by atoms with Crippen LogP contribution in [0.2, 0.25) is 0 Å². The van der Waals surface area contributed by atoms with Gasteiger partial charge in [-0.15, -0.1) is 0 Å². The van der Waals surface area contributed by atoms with E-state index >= 15 is 13.2 Å². The molecule has 3 atom stereocenters. The average molecular weight is 765 g/mol. The fourth-order valence-electron chi connectivity index (χ4n) is 7.24. The van der Waals surface area contributed by atoms with E-state index in [1.54, 1.807) is 24.8 Å². The molecule has 11 nitrogen and oxygen atoms in total. The smallest absolute Gasteiger partial charge is 0.351 e. The van der Waals surface area contributed by atoms with Crippen LogP contribution in [0.4, 0.5) is 18.9 Å². The Kier molecular flexibility index (Phi) is 13.9. The first kappa shape index (κ1) is 41.2. The lowest BCUT2D eigenvalue weighted by Gasteiger charge is -2.37. The number of anilines is 1. The van der Waals surface area contributed by atoms with Crippen LogP contribution < -0.4 is 20.7 Å². The van der Waals surface area contributed by atoms with Gasteiger partial charge in [0.05, 0.1) is 24.6 Å². The zero-order valence-electron chi connectivity index (χ0n) is 31.8. The molecule has 2 fully saturated rings. The Balaban J connectivity index is 1.29. The van der Waals surface area contributed by atoms with Gasteiger partial charge in [-0.1, -0.05) is 70.0 Å². The number of carbonyl (C=O) groups is 4. The topological polar surface area (TPSA) is 133 Å². The maximum atomic E-state index is 15.8. The number of piperazine rings is 1. The highest BCUT2D eigenvalue weighted by atomic mass is 19.3. The predicted molar refractivity (Wildman–Crippen MR) is 202 cm³/mol. The first-order chi connectivity index (χ1) is 26.3. The van der Waals surface area contributed by atoms with E-state index in [1.165, 1.54) is 31.0 Å². The zero-order chi connectivity index (χ0) is 39.7. The molecule has 2 aromatic carbocycles. The Morgan fingerprint density at radius 1 is 0.945 bits per heavy atom. The van der Waals surface area contributed by atoms with Crippen LogP contribution in [0.1, 0.15) is 75.5 Å². The van der Waals surface area contributed by atoms with Crippen LogP contribution >= 0.6 is 0 Å². The van der Waals surface area contributed by atoms with E-state index in [0.29, 0.717) is 50.5 Å². The SMILES string of the molecule is CCC(=O)N[C@@H](C(=O)N1CCN(Cc2ccccc2)CC1)[C@@H](C)c1ccc(NC(=O)[C@@H](NC(=O)C(F)(F)c2cncc(OC)c2)[C@H]2CC[C@H](C)CC2)c(F)c1. The summed E-state index contributed by atoms with van der Waals surface area (Å²) in [6.07, 6.45) is 4.72. The summed E-state index contributed by atoms with van der Waals surface area (Å²) in [5.74, 6) is -8.68. The second kappa shape index (κ2) is 18.6. The van der Waals surface area contributed by atoms with E-state index < -0.39 is 53.0 Å². The number of pyridine rings is 1. The Labute approximate surface area is 320 Å². The van der Waals surface area contributed by atoms with Gasteiger partial charge in [-0.3, -0.25) is 29.1 Å². The fourth-order valence-corrected chi connectivity index (χ4v) is 7.24. The fraction of sp³-hybridized carbons (Fsp3) is 0.488. The number of alkyl halides is 2. The summed E-state index contributed by atoms with van der Waals surface area (Å²) in [5.41, 5.74) is 0.667. The van der Waals surface area contributed by atoms with Crippen molar-refractivity contribution in [2.24, 2.45) is 11.8 Å². The van der Waals surface area contributed by atoms with Gasteiger partial charge in [-0.05, 0) is 54.0 Å². The second-order valence-electron chi connectivity index (χ2n) is 14.7. The highest BCUT2D eigenvalue weighted by Gasteiger charge is 2.45. The molecule has 3 N–H and O–H groups in total. The number of halogens is 3. The highest BCUT2D eigenvalue weighted by molar-refractivity contribution is 5.98. The first-order valence-corrected chi connectivity index (χ1v) is 18.9. The van der Waals surface area contributed by atoms with Crippen LogP contribution in [-0.2, 0) is 31.6 Å². The van der Waals surface area contributed by atoms with Crippen LogP contribution in [0.25, 0.3) is 0 Å². The van der Waals surface area contributed by atoms with E-state index in [2.05, 4.69) is 44.9 Å². The minimum atomic E-state index is -4.04. The van der Waals surface area contributed by atoms with E-state index in [9.17, 15) is 19.2 Å². The largest absolute Gasteiger partial charge is 0.495 e. The van der Waals surface area contributed by atoms with Gasteiger partial charge < -0.3 is 25.6 Å². The van der Waals surface area contributed by atoms with Gasteiger partial charge >= 0.3 is 5.92 Å². The number of carbonyl (C=O) groups excluding carboxylic acids is 4. The van der Waals surface area contributed by atoms with E-state index in [4.69, 9.17) is 4.74 Å². The summed E-state index contributed by atoms with van der Waals surface area (Å²) >= 11 is 0. The molecule has 296 valence electrons. The van der Waals surface area contributed by atoms with Crippen LogP contribution in [0.3, 0.4) is 0 Å². The molecule has 1 saturated carbocycles. The van der Waals surface area contributed by atoms with Gasteiger partial charge in [-0.25, -0.2) is 4.39 Å². The van der Waals surface area contributed by atoms with Crippen molar-refractivity contribution in [2.45, 2.75) is 83.3 Å². The van der Waals surface area contributed by atoms with Gasteiger partial charge in [0, 0.05) is 51.3 Å². The third-order valence-corrected chi connectivity index (χ3v) is 10.8. The van der Waals surface area contributed by atoms with Gasteiger partial charge in [0.1, 0.15) is 23.7 Å². The number of ether oxygens (including phenoxy) is 1. The van der Waals surface area contributed by atoms with Gasteiger partial charge in [-0.2, -0.15) is 8.78 Å². The number of nitrogens with one attached hydrogen (secondary N) is 3. The highest BCUT2D eigenvalue weighted by Crippen LogP contribution is 2.34. The minimum absolute atomic E-state index is 0.0366. The van der Waals surface area contributed by atoms with Crippen molar-refractivity contribution in [3.63, 3.8) is 0 Å². The average Bonchev–Trinajstić information content (AvgIpc) is 3.20. The molecule has 3 aromatic rings. The monoisotopic (exact) mass is 764 g/mol. The number of aromatic nitrogens is 1. The molecule has 2 aliphatic rings. The number of methoxy groups -OCH3 is 1. The van der Waals surface area contributed by atoms with E-state index in [-0.39, 0.29) is 29.7 Å². The zero-order valence-corrected chi connectivity index (χ0v) is 31.8. The Morgan fingerprint density at radius 3 is 2.27 bits per heavy atom.